The number of aryl methyl sites for hydroxylation is 1. The maximum atomic E-state index is 6.00. The molecule has 0 amide bonds. The van der Waals surface area contributed by atoms with Crippen molar-refractivity contribution in [3.8, 4) is 0 Å². The van der Waals surface area contributed by atoms with Crippen LogP contribution in [0.3, 0.4) is 0 Å². The van der Waals surface area contributed by atoms with E-state index in [1.165, 1.54) is 0 Å². The molecule has 0 spiro atoms. The number of para-hydroxylation sites is 2. The molecule has 0 unspecified atom stereocenters. The van der Waals surface area contributed by atoms with Gasteiger partial charge in [0.05, 0.1) is 5.52 Å². The summed E-state index contributed by atoms with van der Waals surface area (Å²) < 4.78 is 0. The number of rotatable bonds is 3. The molecular weight excluding hydrogens is 268 g/mol. The summed E-state index contributed by atoms with van der Waals surface area (Å²) >= 11 is 6.00. The van der Waals surface area contributed by atoms with Crippen molar-refractivity contribution < 1.29 is 0 Å². The van der Waals surface area contributed by atoms with E-state index in [4.69, 9.17) is 11.6 Å². The standard InChI is InChI=1S/C17H15ClN2/c1-12-10-17(14-7-3-5-9-16(14)19-12)20-15-8-4-2-6-13(15)11-18/h2-10H,11H2,1H3,(H,19,20). The Labute approximate surface area is 123 Å². The number of hydrogen-bond acceptors (Lipinski definition) is 2. The van der Waals surface area contributed by atoms with Gasteiger partial charge in [-0.3, -0.25) is 4.98 Å². The maximum Gasteiger partial charge on any atom is 0.0726 e. The largest absolute Gasteiger partial charge is 0.355 e. The number of anilines is 2. The second-order valence-electron chi connectivity index (χ2n) is 4.74. The van der Waals surface area contributed by atoms with Gasteiger partial charge in [-0.2, -0.15) is 0 Å². The first-order valence-electron chi connectivity index (χ1n) is 6.55. The number of nitrogens with zero attached hydrogens (tertiary/aromatic N) is 1. The van der Waals surface area contributed by atoms with Gasteiger partial charge >= 0.3 is 0 Å². The topological polar surface area (TPSA) is 24.9 Å². The van der Waals surface area contributed by atoms with Crippen LogP contribution in [0.1, 0.15) is 11.3 Å². The fourth-order valence-electron chi connectivity index (χ4n) is 2.32. The molecule has 1 heterocycles. The third-order valence-electron chi connectivity index (χ3n) is 3.27. The fourth-order valence-corrected chi connectivity index (χ4v) is 2.55. The molecule has 3 heteroatoms. The Morgan fingerprint density at radius 2 is 1.75 bits per heavy atom. The highest BCUT2D eigenvalue weighted by atomic mass is 35.5. The average molecular weight is 283 g/mol. The molecule has 0 aliphatic carbocycles. The Bertz CT molecular complexity index is 753. The molecule has 3 rings (SSSR count). The van der Waals surface area contributed by atoms with Gasteiger partial charge < -0.3 is 5.32 Å². The lowest BCUT2D eigenvalue weighted by atomic mass is 10.1. The Kier molecular flexibility index (Phi) is 3.57. The summed E-state index contributed by atoms with van der Waals surface area (Å²) in [7, 11) is 0. The van der Waals surface area contributed by atoms with E-state index in [0.29, 0.717) is 5.88 Å². The van der Waals surface area contributed by atoms with Crippen LogP contribution in [0.5, 0.6) is 0 Å². The summed E-state index contributed by atoms with van der Waals surface area (Å²) in [6.45, 7) is 2.01. The van der Waals surface area contributed by atoms with Gasteiger partial charge in [-0.05, 0) is 30.7 Å². The minimum Gasteiger partial charge on any atom is -0.355 e. The second-order valence-corrected chi connectivity index (χ2v) is 5.01. The van der Waals surface area contributed by atoms with Crippen molar-refractivity contribution in [3.63, 3.8) is 0 Å². The Morgan fingerprint density at radius 1 is 1.00 bits per heavy atom. The van der Waals surface area contributed by atoms with E-state index in [2.05, 4.69) is 22.4 Å². The van der Waals surface area contributed by atoms with Crippen LogP contribution in [0.15, 0.2) is 54.6 Å². The highest BCUT2D eigenvalue weighted by Gasteiger charge is 2.06. The van der Waals surface area contributed by atoms with Crippen molar-refractivity contribution in [2.24, 2.45) is 0 Å². The second kappa shape index (κ2) is 5.51. The highest BCUT2D eigenvalue weighted by molar-refractivity contribution is 6.17. The van der Waals surface area contributed by atoms with Crippen LogP contribution in [-0.2, 0) is 5.88 Å². The quantitative estimate of drug-likeness (QED) is 0.682. The van der Waals surface area contributed by atoms with E-state index in [-0.39, 0.29) is 0 Å². The molecule has 0 fully saturated rings. The van der Waals surface area contributed by atoms with E-state index in [1.807, 2.05) is 49.4 Å². The van der Waals surface area contributed by atoms with E-state index < -0.39 is 0 Å². The van der Waals surface area contributed by atoms with Gasteiger partial charge in [0.2, 0.25) is 0 Å². The average Bonchev–Trinajstić information content (AvgIpc) is 2.47. The first kappa shape index (κ1) is 12.9. The zero-order valence-electron chi connectivity index (χ0n) is 11.2. The normalized spacial score (nSPS) is 10.7. The lowest BCUT2D eigenvalue weighted by Gasteiger charge is -2.13. The number of aromatic nitrogens is 1. The minimum absolute atomic E-state index is 0.491. The van der Waals surface area contributed by atoms with Gasteiger partial charge in [-0.25, -0.2) is 0 Å². The summed E-state index contributed by atoms with van der Waals surface area (Å²) in [5, 5.41) is 4.60. The number of alkyl halides is 1. The van der Waals surface area contributed by atoms with Gasteiger partial charge in [-0.15, -0.1) is 11.6 Å². The van der Waals surface area contributed by atoms with Crippen molar-refractivity contribution in [1.82, 2.24) is 4.98 Å². The summed E-state index contributed by atoms with van der Waals surface area (Å²) in [6.07, 6.45) is 0. The smallest absolute Gasteiger partial charge is 0.0726 e. The van der Waals surface area contributed by atoms with Crippen LogP contribution < -0.4 is 5.32 Å². The molecule has 0 saturated heterocycles. The lowest BCUT2D eigenvalue weighted by molar-refractivity contribution is 1.25. The SMILES string of the molecule is Cc1cc(Nc2ccccc2CCl)c2ccccc2n1. The third kappa shape index (κ3) is 2.47. The van der Waals surface area contributed by atoms with Crippen molar-refractivity contribution in [2.75, 3.05) is 5.32 Å². The summed E-state index contributed by atoms with van der Waals surface area (Å²) in [4.78, 5) is 4.55. The zero-order chi connectivity index (χ0) is 13.9. The molecule has 2 nitrogen and oxygen atoms in total. The number of halogens is 1. The molecule has 1 N–H and O–H groups in total. The van der Waals surface area contributed by atoms with E-state index >= 15 is 0 Å². The van der Waals surface area contributed by atoms with E-state index in [1.54, 1.807) is 0 Å². The lowest BCUT2D eigenvalue weighted by Crippen LogP contribution is -1.97. The number of hydrogen-bond donors (Lipinski definition) is 1. The van der Waals surface area contributed by atoms with Gasteiger partial charge in [0, 0.05) is 28.3 Å². The van der Waals surface area contributed by atoms with Gasteiger partial charge in [0.1, 0.15) is 0 Å². The Balaban J connectivity index is 2.10. The van der Waals surface area contributed by atoms with Gasteiger partial charge in [0.15, 0.2) is 0 Å². The van der Waals surface area contributed by atoms with Crippen molar-refractivity contribution in [1.29, 1.82) is 0 Å². The molecule has 100 valence electrons. The first-order valence-corrected chi connectivity index (χ1v) is 7.08. The molecule has 3 aromatic rings. The van der Waals surface area contributed by atoms with E-state index in [0.717, 1.165) is 33.5 Å². The number of fused-ring (bicyclic) bond motifs is 1. The maximum absolute atomic E-state index is 6.00. The number of nitrogens with one attached hydrogen (secondary N) is 1. The van der Waals surface area contributed by atoms with Gasteiger partial charge in [-0.1, -0.05) is 36.4 Å². The summed E-state index contributed by atoms with van der Waals surface area (Å²) in [6, 6.07) is 18.3. The Hall–Kier alpha value is -2.06. The molecule has 0 bridgehead atoms. The predicted molar refractivity (Wildman–Crippen MR) is 85.8 cm³/mol. The molecule has 0 aliphatic heterocycles. The van der Waals surface area contributed by atoms with Crippen molar-refractivity contribution in [2.45, 2.75) is 12.8 Å². The minimum atomic E-state index is 0.491. The van der Waals surface area contributed by atoms with Crippen molar-refractivity contribution in [3.05, 3.63) is 65.9 Å². The first-order chi connectivity index (χ1) is 9.78. The monoisotopic (exact) mass is 282 g/mol. The molecule has 0 radical (unpaired) electrons. The van der Waals surface area contributed by atoms with Crippen LogP contribution in [0.2, 0.25) is 0 Å². The van der Waals surface area contributed by atoms with Crippen LogP contribution in [0.4, 0.5) is 11.4 Å². The van der Waals surface area contributed by atoms with Crippen LogP contribution in [0.25, 0.3) is 10.9 Å². The number of pyridine rings is 1. The molecule has 0 saturated carbocycles. The highest BCUT2D eigenvalue weighted by Crippen LogP contribution is 2.28. The predicted octanol–water partition coefficient (Wildman–Crippen LogP) is 5.03. The van der Waals surface area contributed by atoms with Crippen LogP contribution in [0, 0.1) is 6.92 Å². The molecule has 2 aromatic carbocycles. The third-order valence-corrected chi connectivity index (χ3v) is 3.56. The molecule has 0 atom stereocenters. The molecule has 20 heavy (non-hydrogen) atoms. The Morgan fingerprint density at radius 3 is 2.60 bits per heavy atom. The number of benzene rings is 2. The van der Waals surface area contributed by atoms with Gasteiger partial charge in [0.25, 0.3) is 0 Å². The zero-order valence-corrected chi connectivity index (χ0v) is 12.0. The van der Waals surface area contributed by atoms with Crippen molar-refractivity contribution >= 4 is 33.9 Å². The van der Waals surface area contributed by atoms with Crippen LogP contribution in [-0.4, -0.2) is 4.98 Å². The fraction of sp³-hybridized carbons (Fsp3) is 0.118. The summed E-state index contributed by atoms with van der Waals surface area (Å²) in [5.74, 6) is 0.491. The van der Waals surface area contributed by atoms with Crippen LogP contribution >= 0.6 is 11.6 Å². The molecular formula is C17H15ClN2. The van der Waals surface area contributed by atoms with E-state index in [9.17, 15) is 0 Å². The molecule has 0 aliphatic rings. The molecule has 1 aromatic heterocycles. The summed E-state index contributed by atoms with van der Waals surface area (Å²) in [5.41, 5.74) is 5.18.